The predicted octanol–water partition coefficient (Wildman–Crippen LogP) is 5.85. The van der Waals surface area contributed by atoms with Crippen LogP contribution in [0.15, 0.2) is 18.3 Å². The second-order valence-corrected chi connectivity index (χ2v) is 11.6. The number of carbonyl (C=O) groups excluding carboxylic acids is 1. The molecule has 0 bridgehead atoms. The number of hydrogen-bond acceptors (Lipinski definition) is 7. The van der Waals surface area contributed by atoms with Crippen molar-refractivity contribution in [2.45, 2.75) is 76.5 Å². The highest BCUT2D eigenvalue weighted by Crippen LogP contribution is 2.44. The number of amides is 1. The highest BCUT2D eigenvalue weighted by Gasteiger charge is 2.38. The molecule has 2 aromatic heterocycles. The van der Waals surface area contributed by atoms with E-state index in [1.54, 1.807) is 18.3 Å². The molecule has 2 saturated carbocycles. The Balaban J connectivity index is 1.52. The van der Waals surface area contributed by atoms with Crippen molar-refractivity contribution in [3.63, 3.8) is 0 Å². The van der Waals surface area contributed by atoms with Crippen LogP contribution in [0.3, 0.4) is 0 Å². The van der Waals surface area contributed by atoms with Crippen LogP contribution in [0.2, 0.25) is 15.1 Å². The van der Waals surface area contributed by atoms with E-state index in [9.17, 15) is 9.90 Å². The zero-order valence-corrected chi connectivity index (χ0v) is 22.7. The number of aliphatic hydroxyl groups excluding tert-OH is 1. The van der Waals surface area contributed by atoms with Gasteiger partial charge in [0.25, 0.3) is 0 Å². The largest absolute Gasteiger partial charge is 0.393 e. The van der Waals surface area contributed by atoms with Gasteiger partial charge >= 0.3 is 0 Å². The molecule has 0 spiro atoms. The normalized spacial score (nSPS) is 26.2. The summed E-state index contributed by atoms with van der Waals surface area (Å²) < 4.78 is 2.04. The zero-order chi connectivity index (χ0) is 26.3. The number of hydrogen-bond donors (Lipinski definition) is 4. The Labute approximate surface area is 230 Å². The minimum Gasteiger partial charge on any atom is -0.393 e. The van der Waals surface area contributed by atoms with Crippen molar-refractivity contribution in [1.82, 2.24) is 19.5 Å². The number of anilines is 3. The third kappa shape index (κ3) is 5.46. The van der Waals surface area contributed by atoms with E-state index in [1.807, 2.05) is 11.5 Å². The van der Waals surface area contributed by atoms with Gasteiger partial charge in [0.1, 0.15) is 5.52 Å². The number of nitrogens with two attached hydrogens (primary N) is 1. The predicted molar refractivity (Wildman–Crippen MR) is 147 cm³/mol. The van der Waals surface area contributed by atoms with Crippen LogP contribution >= 0.6 is 34.8 Å². The lowest BCUT2D eigenvalue weighted by atomic mass is 9.73. The first-order chi connectivity index (χ1) is 17.6. The molecule has 1 amide bonds. The Morgan fingerprint density at radius 2 is 1.84 bits per heavy atom. The Morgan fingerprint density at radius 3 is 2.49 bits per heavy atom. The van der Waals surface area contributed by atoms with Gasteiger partial charge in [-0.2, -0.15) is 4.98 Å². The van der Waals surface area contributed by atoms with Crippen LogP contribution in [-0.2, 0) is 4.79 Å². The number of imidazole rings is 1. The van der Waals surface area contributed by atoms with Crippen LogP contribution in [0.4, 0.5) is 17.6 Å². The number of aliphatic hydroxyl groups is 1. The number of halogens is 3. The van der Waals surface area contributed by atoms with Gasteiger partial charge in [-0.05, 0) is 63.5 Å². The molecule has 2 fully saturated rings. The summed E-state index contributed by atoms with van der Waals surface area (Å²) >= 11 is 19.0. The number of fused-ring (bicyclic) bond motifs is 1. The molecule has 0 saturated heterocycles. The molecule has 5 rings (SSSR count). The molecule has 2 heterocycles. The second kappa shape index (κ2) is 10.4. The summed E-state index contributed by atoms with van der Waals surface area (Å²) in [6.45, 7) is 1.92. The Morgan fingerprint density at radius 1 is 1.14 bits per heavy atom. The van der Waals surface area contributed by atoms with Gasteiger partial charge in [-0.1, -0.05) is 41.7 Å². The maximum Gasteiger partial charge on any atom is 0.224 e. The van der Waals surface area contributed by atoms with Gasteiger partial charge in [0.2, 0.25) is 17.8 Å². The average molecular weight is 567 g/mol. The Hall–Kier alpha value is -2.33. The third-order valence-corrected chi connectivity index (χ3v) is 8.49. The van der Waals surface area contributed by atoms with Crippen molar-refractivity contribution < 1.29 is 9.90 Å². The molecule has 37 heavy (non-hydrogen) atoms. The van der Waals surface area contributed by atoms with Crippen LogP contribution in [0.25, 0.3) is 11.2 Å². The van der Waals surface area contributed by atoms with Crippen LogP contribution in [0.5, 0.6) is 0 Å². The fourth-order valence-corrected chi connectivity index (χ4v) is 6.30. The first kappa shape index (κ1) is 26.3. The van der Waals surface area contributed by atoms with Crippen LogP contribution in [0, 0.1) is 5.41 Å². The molecule has 0 radical (unpaired) electrons. The standard InChI is InChI=1S/C25H30Cl3N7O2/c1-25(22(29)37)7-5-15(6-8-25)35-21-19(12-30-23(34-21)31-14-3-2-4-16(36)11-14)32-24(35)33-20-17(27)9-13(26)10-18(20)28/h9-10,12,14-16,36H,2-8,11H2,1H3,(H2,29,37)(H,32,33)(H,30,31,34)/t14-,15-,16?,25+/m0/s1. The SMILES string of the molecule is C[C@]1(C(N)=O)CC[C@@H](n2c(Nc3c(Cl)cc(Cl)cc3Cl)nc3cnc(N[C@H]4CCCC(O)C4)nc32)CC1. The summed E-state index contributed by atoms with van der Waals surface area (Å²) in [5.41, 5.74) is 6.92. The van der Waals surface area contributed by atoms with Gasteiger partial charge in [0.05, 0.1) is 28.0 Å². The van der Waals surface area contributed by atoms with Gasteiger partial charge < -0.3 is 21.5 Å². The maximum atomic E-state index is 12.1. The average Bonchev–Trinajstić information content (AvgIpc) is 3.19. The van der Waals surface area contributed by atoms with Crippen molar-refractivity contribution in [3.05, 3.63) is 33.4 Å². The van der Waals surface area contributed by atoms with E-state index in [0.717, 1.165) is 32.1 Å². The number of nitrogens with one attached hydrogen (secondary N) is 2. The van der Waals surface area contributed by atoms with E-state index in [-0.39, 0.29) is 24.1 Å². The van der Waals surface area contributed by atoms with E-state index in [2.05, 4.69) is 15.6 Å². The minimum atomic E-state index is -0.535. The molecule has 3 aromatic rings. The smallest absolute Gasteiger partial charge is 0.224 e. The number of primary amides is 1. The van der Waals surface area contributed by atoms with Gasteiger partial charge in [-0.3, -0.25) is 9.36 Å². The molecule has 0 aliphatic heterocycles. The van der Waals surface area contributed by atoms with Gasteiger partial charge in [-0.25, -0.2) is 9.97 Å². The summed E-state index contributed by atoms with van der Waals surface area (Å²) in [5, 5.41) is 17.9. The second-order valence-electron chi connectivity index (χ2n) is 10.4. The van der Waals surface area contributed by atoms with Crippen LogP contribution < -0.4 is 16.4 Å². The Bertz CT molecular complexity index is 1300. The molecule has 198 valence electrons. The van der Waals surface area contributed by atoms with Gasteiger partial charge in [-0.15, -0.1) is 0 Å². The molecule has 12 heteroatoms. The first-order valence-corrected chi connectivity index (χ1v) is 13.7. The van der Waals surface area contributed by atoms with E-state index in [0.29, 0.717) is 63.1 Å². The quantitative estimate of drug-likeness (QED) is 0.294. The molecule has 2 atom stereocenters. The molecule has 2 aliphatic rings. The summed E-state index contributed by atoms with van der Waals surface area (Å²) in [6.07, 6.45) is 7.53. The summed E-state index contributed by atoms with van der Waals surface area (Å²) in [5.74, 6) is 0.732. The molecular weight excluding hydrogens is 537 g/mol. The highest BCUT2D eigenvalue weighted by atomic mass is 35.5. The molecule has 1 unspecified atom stereocenters. The molecule has 5 N–H and O–H groups in total. The lowest BCUT2D eigenvalue weighted by Gasteiger charge is -2.35. The lowest BCUT2D eigenvalue weighted by molar-refractivity contribution is -0.128. The van der Waals surface area contributed by atoms with Crippen molar-refractivity contribution in [1.29, 1.82) is 0 Å². The van der Waals surface area contributed by atoms with Crippen molar-refractivity contribution in [2.24, 2.45) is 11.1 Å². The summed E-state index contributed by atoms with van der Waals surface area (Å²) in [7, 11) is 0. The number of aromatic nitrogens is 4. The first-order valence-electron chi connectivity index (χ1n) is 12.5. The number of benzene rings is 1. The number of rotatable bonds is 6. The third-order valence-electron chi connectivity index (χ3n) is 7.67. The minimum absolute atomic E-state index is 0.0176. The van der Waals surface area contributed by atoms with Crippen LogP contribution in [-0.4, -0.2) is 42.7 Å². The lowest BCUT2D eigenvalue weighted by Crippen LogP contribution is -2.38. The van der Waals surface area contributed by atoms with E-state index < -0.39 is 5.41 Å². The molecular formula is C25H30Cl3N7O2. The fraction of sp³-hybridized carbons (Fsp3) is 0.520. The topological polar surface area (TPSA) is 131 Å². The van der Waals surface area contributed by atoms with Crippen molar-refractivity contribution in [2.75, 3.05) is 10.6 Å². The summed E-state index contributed by atoms with van der Waals surface area (Å²) in [6, 6.07) is 3.35. The molecule has 2 aliphatic carbocycles. The highest BCUT2D eigenvalue weighted by molar-refractivity contribution is 6.41. The molecule has 1 aromatic carbocycles. The van der Waals surface area contributed by atoms with Crippen LogP contribution in [0.1, 0.15) is 64.3 Å². The van der Waals surface area contributed by atoms with E-state index in [4.69, 9.17) is 50.5 Å². The maximum absolute atomic E-state index is 12.1. The van der Waals surface area contributed by atoms with Crippen molar-refractivity contribution in [3.8, 4) is 0 Å². The monoisotopic (exact) mass is 565 g/mol. The molecule has 9 nitrogen and oxygen atoms in total. The number of nitrogens with zero attached hydrogens (tertiary/aromatic N) is 4. The van der Waals surface area contributed by atoms with Gasteiger partial charge in [0.15, 0.2) is 5.65 Å². The summed E-state index contributed by atoms with van der Waals surface area (Å²) in [4.78, 5) is 26.2. The Kier molecular flexibility index (Phi) is 7.42. The fourth-order valence-electron chi connectivity index (χ4n) is 5.39. The number of carbonyl (C=O) groups is 1. The van der Waals surface area contributed by atoms with E-state index >= 15 is 0 Å². The zero-order valence-electron chi connectivity index (χ0n) is 20.5. The van der Waals surface area contributed by atoms with Gasteiger partial charge in [0, 0.05) is 22.5 Å². The van der Waals surface area contributed by atoms with Crippen molar-refractivity contribution >= 4 is 69.5 Å². The van der Waals surface area contributed by atoms with E-state index in [1.165, 1.54) is 0 Å².